The van der Waals surface area contributed by atoms with Gasteiger partial charge in [-0.2, -0.15) is 15.0 Å². The van der Waals surface area contributed by atoms with E-state index in [1.54, 1.807) is 44.1 Å². The Bertz CT molecular complexity index is 979. The number of methoxy groups -OCH3 is 1. The summed E-state index contributed by atoms with van der Waals surface area (Å²) in [6.07, 6.45) is 1.54. The SMILES string of the molecule is COCCn1cnnc1[C@@H](C)NS(=O)(=O)c1cccc2nn(C)nc12. The standard InChI is InChI=1S/C14H19N7O3S/c1-10(14-16-15-9-21(14)7-8-24-3)19-25(22,23)12-6-4-5-11-13(12)18-20(2)17-11/h4-6,9-10,19H,7-8H2,1-3H3/t10-/m1/s1. The topological polar surface area (TPSA) is 117 Å². The first-order valence-electron chi connectivity index (χ1n) is 7.61. The van der Waals surface area contributed by atoms with E-state index < -0.39 is 16.1 Å². The van der Waals surface area contributed by atoms with Gasteiger partial charge in [-0.1, -0.05) is 6.07 Å². The van der Waals surface area contributed by atoms with E-state index >= 15 is 0 Å². The number of nitrogens with one attached hydrogen (secondary N) is 1. The molecule has 2 heterocycles. The van der Waals surface area contributed by atoms with Gasteiger partial charge in [0.25, 0.3) is 0 Å². The van der Waals surface area contributed by atoms with Crippen molar-refractivity contribution in [2.24, 2.45) is 7.05 Å². The van der Waals surface area contributed by atoms with Crippen molar-refractivity contribution >= 4 is 21.1 Å². The van der Waals surface area contributed by atoms with Crippen molar-refractivity contribution < 1.29 is 13.2 Å². The summed E-state index contributed by atoms with van der Waals surface area (Å²) in [6.45, 7) is 2.72. The number of benzene rings is 1. The second-order valence-electron chi connectivity index (χ2n) is 5.53. The molecule has 0 aliphatic rings. The first kappa shape index (κ1) is 17.5. The maximum Gasteiger partial charge on any atom is 0.243 e. The quantitative estimate of drug-likeness (QED) is 0.637. The third-order valence-electron chi connectivity index (χ3n) is 3.67. The van der Waals surface area contributed by atoms with Gasteiger partial charge in [-0.25, -0.2) is 13.1 Å². The van der Waals surface area contributed by atoms with Crippen LogP contribution < -0.4 is 4.72 Å². The van der Waals surface area contributed by atoms with Crippen molar-refractivity contribution in [3.8, 4) is 0 Å². The minimum Gasteiger partial charge on any atom is -0.383 e. The van der Waals surface area contributed by atoms with Gasteiger partial charge in [-0.15, -0.1) is 10.2 Å². The molecule has 0 fully saturated rings. The number of sulfonamides is 1. The summed E-state index contributed by atoms with van der Waals surface area (Å²) in [6, 6.07) is 4.28. The Hall–Kier alpha value is -2.37. The van der Waals surface area contributed by atoms with E-state index in [1.165, 1.54) is 10.9 Å². The molecule has 0 radical (unpaired) electrons. The monoisotopic (exact) mass is 365 g/mol. The lowest BCUT2D eigenvalue weighted by atomic mass is 10.3. The fourth-order valence-electron chi connectivity index (χ4n) is 2.54. The van der Waals surface area contributed by atoms with Crippen molar-refractivity contribution in [1.82, 2.24) is 34.5 Å². The first-order valence-corrected chi connectivity index (χ1v) is 9.09. The molecule has 10 nitrogen and oxygen atoms in total. The summed E-state index contributed by atoms with van der Waals surface area (Å²) in [4.78, 5) is 1.42. The van der Waals surface area contributed by atoms with Gasteiger partial charge < -0.3 is 9.30 Å². The second kappa shape index (κ2) is 6.86. The van der Waals surface area contributed by atoms with Crippen LogP contribution in [0.15, 0.2) is 29.4 Å². The summed E-state index contributed by atoms with van der Waals surface area (Å²) in [5.74, 6) is 0.506. The molecule has 0 amide bonds. The zero-order valence-corrected chi connectivity index (χ0v) is 14.9. The van der Waals surface area contributed by atoms with E-state index in [4.69, 9.17) is 4.74 Å². The van der Waals surface area contributed by atoms with Crippen LogP contribution in [-0.4, -0.2) is 51.9 Å². The maximum atomic E-state index is 12.8. The number of ether oxygens (including phenoxy) is 1. The number of nitrogens with zero attached hydrogens (tertiary/aromatic N) is 6. The molecule has 134 valence electrons. The van der Waals surface area contributed by atoms with Crippen LogP contribution in [0.1, 0.15) is 18.8 Å². The van der Waals surface area contributed by atoms with Crippen molar-refractivity contribution in [1.29, 1.82) is 0 Å². The Balaban J connectivity index is 1.89. The smallest absolute Gasteiger partial charge is 0.243 e. The van der Waals surface area contributed by atoms with Gasteiger partial charge in [-0.05, 0) is 19.1 Å². The highest BCUT2D eigenvalue weighted by atomic mass is 32.2. The number of rotatable bonds is 7. The van der Waals surface area contributed by atoms with Crippen LogP contribution in [0, 0.1) is 0 Å². The van der Waals surface area contributed by atoms with Crippen molar-refractivity contribution in [3.63, 3.8) is 0 Å². The van der Waals surface area contributed by atoms with E-state index in [1.807, 2.05) is 0 Å². The number of aromatic nitrogens is 6. The minimum atomic E-state index is -3.81. The molecule has 3 rings (SSSR count). The Kier molecular flexibility index (Phi) is 4.79. The largest absolute Gasteiger partial charge is 0.383 e. The fraction of sp³-hybridized carbons (Fsp3) is 0.429. The predicted molar refractivity (Wildman–Crippen MR) is 89.1 cm³/mol. The van der Waals surface area contributed by atoms with Gasteiger partial charge in [0.2, 0.25) is 10.0 Å². The number of fused-ring (bicyclic) bond motifs is 1. The third-order valence-corrected chi connectivity index (χ3v) is 5.24. The minimum absolute atomic E-state index is 0.0768. The van der Waals surface area contributed by atoms with Crippen LogP contribution in [0.3, 0.4) is 0 Å². The normalized spacial score (nSPS) is 13.4. The lowest BCUT2D eigenvalue weighted by Crippen LogP contribution is -2.29. The van der Waals surface area contributed by atoms with Crippen molar-refractivity contribution in [2.75, 3.05) is 13.7 Å². The highest BCUT2D eigenvalue weighted by Crippen LogP contribution is 2.21. The second-order valence-corrected chi connectivity index (χ2v) is 7.21. The van der Waals surface area contributed by atoms with Crippen LogP contribution in [0.5, 0.6) is 0 Å². The van der Waals surface area contributed by atoms with Gasteiger partial charge in [-0.3, -0.25) is 0 Å². The summed E-state index contributed by atoms with van der Waals surface area (Å²) >= 11 is 0. The lowest BCUT2D eigenvalue weighted by Gasteiger charge is -2.15. The van der Waals surface area contributed by atoms with Gasteiger partial charge in [0.05, 0.1) is 12.6 Å². The predicted octanol–water partition coefficient (Wildman–Crippen LogP) is 0.246. The zero-order valence-electron chi connectivity index (χ0n) is 14.1. The van der Waals surface area contributed by atoms with Crippen LogP contribution in [0.25, 0.3) is 11.0 Å². The van der Waals surface area contributed by atoms with E-state index in [0.717, 1.165) is 0 Å². The molecule has 0 aliphatic heterocycles. The molecule has 1 aromatic carbocycles. The average Bonchev–Trinajstić information content (AvgIpc) is 3.16. The van der Waals surface area contributed by atoms with Crippen LogP contribution in [0.2, 0.25) is 0 Å². The molecular weight excluding hydrogens is 346 g/mol. The fourth-order valence-corrected chi connectivity index (χ4v) is 3.90. The molecular formula is C14H19N7O3S. The molecule has 3 aromatic rings. The highest BCUT2D eigenvalue weighted by Gasteiger charge is 2.25. The van der Waals surface area contributed by atoms with Crippen LogP contribution in [-0.2, 0) is 28.4 Å². The number of hydrogen-bond acceptors (Lipinski definition) is 7. The molecule has 0 saturated heterocycles. The number of hydrogen-bond donors (Lipinski definition) is 1. The Morgan fingerprint density at radius 2 is 2.12 bits per heavy atom. The summed E-state index contributed by atoms with van der Waals surface area (Å²) in [5.41, 5.74) is 0.840. The third kappa shape index (κ3) is 3.52. The van der Waals surface area contributed by atoms with Crippen molar-refractivity contribution in [2.45, 2.75) is 24.4 Å². The van der Waals surface area contributed by atoms with Crippen LogP contribution >= 0.6 is 0 Å². The summed E-state index contributed by atoms with van der Waals surface area (Å²) in [7, 11) is -0.576. The Morgan fingerprint density at radius 1 is 1.32 bits per heavy atom. The van der Waals surface area contributed by atoms with Gasteiger partial charge >= 0.3 is 0 Å². The van der Waals surface area contributed by atoms with Crippen molar-refractivity contribution in [3.05, 3.63) is 30.4 Å². The van der Waals surface area contributed by atoms with E-state index in [2.05, 4.69) is 25.1 Å². The van der Waals surface area contributed by atoms with E-state index in [9.17, 15) is 8.42 Å². The zero-order chi connectivity index (χ0) is 18.0. The molecule has 2 aromatic heterocycles. The van der Waals surface area contributed by atoms with E-state index in [0.29, 0.717) is 30.0 Å². The Morgan fingerprint density at radius 3 is 2.88 bits per heavy atom. The molecule has 0 saturated carbocycles. The summed E-state index contributed by atoms with van der Waals surface area (Å²) in [5, 5.41) is 16.1. The molecule has 0 aliphatic carbocycles. The molecule has 11 heteroatoms. The van der Waals surface area contributed by atoms with Gasteiger partial charge in [0, 0.05) is 20.7 Å². The van der Waals surface area contributed by atoms with Crippen LogP contribution in [0.4, 0.5) is 0 Å². The Labute approximate surface area is 144 Å². The highest BCUT2D eigenvalue weighted by molar-refractivity contribution is 7.89. The summed E-state index contributed by atoms with van der Waals surface area (Å²) < 4.78 is 35.0. The van der Waals surface area contributed by atoms with E-state index in [-0.39, 0.29) is 4.90 Å². The molecule has 1 N–H and O–H groups in total. The average molecular weight is 365 g/mol. The first-order chi connectivity index (χ1) is 11.9. The molecule has 0 unspecified atom stereocenters. The lowest BCUT2D eigenvalue weighted by molar-refractivity contribution is 0.185. The maximum absolute atomic E-state index is 12.8. The van der Waals surface area contributed by atoms with Gasteiger partial charge in [0.1, 0.15) is 22.3 Å². The molecule has 0 spiro atoms. The molecule has 25 heavy (non-hydrogen) atoms. The number of aryl methyl sites for hydroxylation is 1. The molecule has 1 atom stereocenters. The van der Waals surface area contributed by atoms with Gasteiger partial charge in [0.15, 0.2) is 5.82 Å². The molecule has 0 bridgehead atoms.